The van der Waals surface area contributed by atoms with Gasteiger partial charge in [-0.1, -0.05) is 41.4 Å². The van der Waals surface area contributed by atoms with Gasteiger partial charge in [0.1, 0.15) is 6.07 Å². The summed E-state index contributed by atoms with van der Waals surface area (Å²) in [5, 5.41) is 9.34. The highest BCUT2D eigenvalue weighted by Crippen LogP contribution is 2.28. The van der Waals surface area contributed by atoms with Crippen LogP contribution in [0.1, 0.15) is 16.8 Å². The van der Waals surface area contributed by atoms with Crippen LogP contribution in [0.3, 0.4) is 0 Å². The Morgan fingerprint density at radius 2 is 1.76 bits per heavy atom. The van der Waals surface area contributed by atoms with Crippen LogP contribution in [0.2, 0.25) is 5.02 Å². The van der Waals surface area contributed by atoms with Crippen LogP contribution in [0, 0.1) is 18.3 Å². The second-order valence-electron chi connectivity index (χ2n) is 5.52. The quantitative estimate of drug-likeness (QED) is 0.686. The molecule has 0 radical (unpaired) electrons. The molecule has 0 saturated heterocycles. The number of nitrogens with zero attached hydrogens (tertiary/aromatic N) is 2. The summed E-state index contributed by atoms with van der Waals surface area (Å²) in [5.41, 5.74) is 1.93. The van der Waals surface area contributed by atoms with Crippen molar-refractivity contribution in [1.29, 1.82) is 5.26 Å². The van der Waals surface area contributed by atoms with Crippen LogP contribution in [0.4, 0.5) is 0 Å². The summed E-state index contributed by atoms with van der Waals surface area (Å²) in [4.78, 5) is 4.00. The minimum absolute atomic E-state index is 0.0655. The molecule has 0 N–H and O–H groups in total. The molecule has 2 aromatic carbocycles. The van der Waals surface area contributed by atoms with E-state index >= 15 is 0 Å². The van der Waals surface area contributed by atoms with Gasteiger partial charge in [0, 0.05) is 10.6 Å². The van der Waals surface area contributed by atoms with Crippen molar-refractivity contribution in [3.63, 3.8) is 0 Å². The average Bonchev–Trinajstić information content (AvgIpc) is 3.03. The van der Waals surface area contributed by atoms with Crippen LogP contribution in [0.15, 0.2) is 58.0 Å². The van der Waals surface area contributed by atoms with Crippen molar-refractivity contribution < 1.29 is 12.8 Å². The third kappa shape index (κ3) is 3.73. The normalized spacial score (nSPS) is 11.2. The molecule has 0 aliphatic heterocycles. The standard InChI is InChI=1S/C18H13ClN2O3S/c1-12-2-4-13(5-3-12)11-25(22,23)18-16(10-20)21-17(24-18)14-6-8-15(19)9-7-14/h2-9H,11H2,1H3. The number of rotatable bonds is 4. The fraction of sp³-hybridized carbons (Fsp3) is 0.111. The third-order valence-electron chi connectivity index (χ3n) is 3.55. The van der Waals surface area contributed by atoms with Gasteiger partial charge in [0.15, 0.2) is 5.69 Å². The summed E-state index contributed by atoms with van der Waals surface area (Å²) in [6, 6.07) is 15.5. The smallest absolute Gasteiger partial charge is 0.257 e. The molecule has 0 fully saturated rings. The topological polar surface area (TPSA) is 84.0 Å². The van der Waals surface area contributed by atoms with E-state index in [0.717, 1.165) is 5.56 Å². The minimum Gasteiger partial charge on any atom is -0.423 e. The molecule has 0 aliphatic carbocycles. The van der Waals surface area contributed by atoms with Gasteiger partial charge in [0.25, 0.3) is 5.09 Å². The van der Waals surface area contributed by atoms with Crippen molar-refractivity contribution in [2.75, 3.05) is 0 Å². The monoisotopic (exact) mass is 372 g/mol. The molecule has 0 bridgehead atoms. The molecular formula is C18H13ClN2O3S. The number of sulfone groups is 1. The van der Waals surface area contributed by atoms with Crippen molar-refractivity contribution in [2.24, 2.45) is 0 Å². The molecule has 25 heavy (non-hydrogen) atoms. The number of benzene rings is 2. The van der Waals surface area contributed by atoms with E-state index in [1.165, 1.54) is 0 Å². The van der Waals surface area contributed by atoms with Crippen LogP contribution < -0.4 is 0 Å². The number of nitriles is 1. The second kappa shape index (κ2) is 6.71. The zero-order chi connectivity index (χ0) is 18.0. The van der Waals surface area contributed by atoms with Crippen LogP contribution in [0.5, 0.6) is 0 Å². The Bertz CT molecular complexity index is 1050. The summed E-state index contributed by atoms with van der Waals surface area (Å²) in [6.45, 7) is 1.92. The molecule has 1 heterocycles. The zero-order valence-corrected chi connectivity index (χ0v) is 14.8. The first-order valence-corrected chi connectivity index (χ1v) is 9.37. The Hall–Kier alpha value is -2.62. The highest BCUT2D eigenvalue weighted by atomic mass is 35.5. The van der Waals surface area contributed by atoms with Gasteiger partial charge in [-0.3, -0.25) is 0 Å². The lowest BCUT2D eigenvalue weighted by Crippen LogP contribution is -2.05. The van der Waals surface area contributed by atoms with Gasteiger partial charge in [-0.15, -0.1) is 0 Å². The van der Waals surface area contributed by atoms with Gasteiger partial charge in [-0.25, -0.2) is 8.42 Å². The molecular weight excluding hydrogens is 360 g/mol. The lowest BCUT2D eigenvalue weighted by atomic mass is 10.2. The number of hydrogen-bond donors (Lipinski definition) is 0. The largest absolute Gasteiger partial charge is 0.423 e. The van der Waals surface area contributed by atoms with E-state index in [1.807, 2.05) is 19.1 Å². The van der Waals surface area contributed by atoms with Crippen molar-refractivity contribution in [1.82, 2.24) is 4.98 Å². The number of oxazole rings is 1. The molecule has 0 amide bonds. The zero-order valence-electron chi connectivity index (χ0n) is 13.2. The van der Waals surface area contributed by atoms with E-state index in [2.05, 4.69) is 4.98 Å². The summed E-state index contributed by atoms with van der Waals surface area (Å²) in [5.74, 6) is -0.201. The fourth-order valence-electron chi connectivity index (χ4n) is 2.27. The highest BCUT2D eigenvalue weighted by molar-refractivity contribution is 7.90. The number of hydrogen-bond acceptors (Lipinski definition) is 5. The predicted octanol–water partition coefficient (Wildman–Crippen LogP) is 4.15. The first kappa shape index (κ1) is 17.2. The lowest BCUT2D eigenvalue weighted by Gasteiger charge is -2.02. The van der Waals surface area contributed by atoms with Gasteiger partial charge < -0.3 is 4.42 Å². The average molecular weight is 373 g/mol. The third-order valence-corrected chi connectivity index (χ3v) is 5.36. The van der Waals surface area contributed by atoms with Gasteiger partial charge in [-0.05, 0) is 36.8 Å². The summed E-state index contributed by atoms with van der Waals surface area (Å²) >= 11 is 5.84. The molecule has 5 nitrogen and oxygen atoms in total. The molecule has 0 atom stereocenters. The SMILES string of the molecule is Cc1ccc(CS(=O)(=O)c2oc(-c3ccc(Cl)cc3)nc2C#N)cc1. The first-order valence-electron chi connectivity index (χ1n) is 7.34. The van der Waals surface area contributed by atoms with Crippen molar-refractivity contribution in [3.05, 3.63) is 70.4 Å². The van der Waals surface area contributed by atoms with Gasteiger partial charge in [0.2, 0.25) is 15.7 Å². The molecule has 0 aliphatic rings. The van der Waals surface area contributed by atoms with E-state index in [9.17, 15) is 13.7 Å². The van der Waals surface area contributed by atoms with E-state index in [-0.39, 0.29) is 17.3 Å². The minimum atomic E-state index is -3.84. The predicted molar refractivity (Wildman–Crippen MR) is 93.7 cm³/mol. The van der Waals surface area contributed by atoms with E-state index in [1.54, 1.807) is 42.5 Å². The van der Waals surface area contributed by atoms with E-state index in [0.29, 0.717) is 16.1 Å². The van der Waals surface area contributed by atoms with Gasteiger partial charge in [-0.2, -0.15) is 10.2 Å². The lowest BCUT2D eigenvalue weighted by molar-refractivity contribution is 0.457. The molecule has 0 saturated carbocycles. The molecule has 126 valence electrons. The molecule has 3 rings (SSSR count). The molecule has 1 aromatic heterocycles. The number of aryl methyl sites for hydroxylation is 1. The first-order chi connectivity index (χ1) is 11.9. The Labute approximate surface area is 150 Å². The van der Waals surface area contributed by atoms with Crippen molar-refractivity contribution in [2.45, 2.75) is 17.8 Å². The fourth-order valence-corrected chi connectivity index (χ4v) is 3.75. The molecule has 7 heteroatoms. The molecule has 0 spiro atoms. The van der Waals surface area contributed by atoms with Crippen LogP contribution in [-0.2, 0) is 15.6 Å². The highest BCUT2D eigenvalue weighted by Gasteiger charge is 2.27. The second-order valence-corrected chi connectivity index (χ2v) is 7.84. The van der Waals surface area contributed by atoms with Crippen LogP contribution in [0.25, 0.3) is 11.5 Å². The van der Waals surface area contributed by atoms with Crippen molar-refractivity contribution in [3.8, 4) is 17.5 Å². The molecule has 0 unspecified atom stereocenters. The summed E-state index contributed by atoms with van der Waals surface area (Å²) in [6.07, 6.45) is 0. The maximum atomic E-state index is 12.7. The summed E-state index contributed by atoms with van der Waals surface area (Å²) < 4.78 is 30.7. The van der Waals surface area contributed by atoms with Crippen molar-refractivity contribution >= 4 is 21.4 Å². The Morgan fingerprint density at radius 1 is 1.12 bits per heavy atom. The van der Waals surface area contributed by atoms with E-state index in [4.69, 9.17) is 16.0 Å². The van der Waals surface area contributed by atoms with E-state index < -0.39 is 14.9 Å². The number of halogens is 1. The van der Waals surface area contributed by atoms with Gasteiger partial charge >= 0.3 is 0 Å². The maximum absolute atomic E-state index is 12.7. The Kier molecular flexibility index (Phi) is 4.62. The summed E-state index contributed by atoms with van der Waals surface area (Å²) in [7, 11) is -3.84. The molecule has 3 aromatic rings. The van der Waals surface area contributed by atoms with Crippen LogP contribution in [-0.4, -0.2) is 13.4 Å². The Morgan fingerprint density at radius 3 is 2.36 bits per heavy atom. The Balaban J connectivity index is 1.99. The van der Waals surface area contributed by atoms with Gasteiger partial charge in [0.05, 0.1) is 5.75 Å². The maximum Gasteiger partial charge on any atom is 0.257 e. The number of aromatic nitrogens is 1. The van der Waals surface area contributed by atoms with Crippen LogP contribution >= 0.6 is 11.6 Å².